The molecule has 0 aromatic heterocycles. The first-order chi connectivity index (χ1) is 5.24. The van der Waals surface area contributed by atoms with E-state index in [1.54, 1.807) is 0 Å². The maximum absolute atomic E-state index is 10.8. The Balaban J connectivity index is 0. The number of hydrogen-bond acceptors (Lipinski definition) is 2. The molecule has 0 saturated heterocycles. The molecule has 1 atom stereocenters. The maximum atomic E-state index is 10.8. The number of carboxylic acids is 1. The molecule has 0 aromatic carbocycles. The molecule has 0 bridgehead atoms. The topological polar surface area (TPSA) is 49.3 Å². The van der Waals surface area contributed by atoms with Crippen LogP contribution in [0.5, 0.6) is 0 Å². The summed E-state index contributed by atoms with van der Waals surface area (Å²) < 4.78 is 0. The van der Waals surface area contributed by atoms with Gasteiger partial charge in [-0.1, -0.05) is 13.8 Å². The van der Waals surface area contributed by atoms with Gasteiger partial charge in [-0.15, -0.1) is 12.4 Å². The van der Waals surface area contributed by atoms with Crippen LogP contribution in [0.2, 0.25) is 0 Å². The van der Waals surface area contributed by atoms with Crippen LogP contribution in [0, 0.1) is 5.92 Å². The second-order valence-electron chi connectivity index (χ2n) is 4.45. The van der Waals surface area contributed by atoms with Crippen LogP contribution >= 0.6 is 12.4 Å². The number of nitrogens with one attached hydrogen (secondary N) is 1. The van der Waals surface area contributed by atoms with Crippen LogP contribution in [0.1, 0.15) is 34.6 Å². The van der Waals surface area contributed by atoms with Gasteiger partial charge in [0.05, 0.1) is 0 Å². The van der Waals surface area contributed by atoms with Crippen molar-refractivity contribution in [3.05, 3.63) is 0 Å². The van der Waals surface area contributed by atoms with Gasteiger partial charge in [0.1, 0.15) is 6.04 Å². The summed E-state index contributed by atoms with van der Waals surface area (Å²) >= 11 is 0. The summed E-state index contributed by atoms with van der Waals surface area (Å²) in [5.74, 6) is -0.665. The van der Waals surface area contributed by atoms with Gasteiger partial charge in [-0.05, 0) is 26.7 Å². The first-order valence-corrected chi connectivity index (χ1v) is 4.24. The van der Waals surface area contributed by atoms with E-state index in [0.717, 1.165) is 0 Å². The molecule has 2 N–H and O–H groups in total. The van der Waals surface area contributed by atoms with E-state index in [2.05, 4.69) is 5.32 Å². The Morgan fingerprint density at radius 1 is 1.31 bits per heavy atom. The molecule has 80 valence electrons. The highest BCUT2D eigenvalue weighted by Crippen LogP contribution is 2.08. The molecule has 0 aliphatic heterocycles. The molecule has 0 fully saturated rings. The van der Waals surface area contributed by atoms with Gasteiger partial charge < -0.3 is 5.11 Å². The molecule has 0 amide bonds. The Kier molecular flexibility index (Phi) is 6.37. The van der Waals surface area contributed by atoms with Crippen molar-refractivity contribution in [2.24, 2.45) is 5.92 Å². The number of aliphatic carboxylic acids is 1. The summed E-state index contributed by atoms with van der Waals surface area (Å²) in [7, 11) is 0. The van der Waals surface area contributed by atoms with Crippen LogP contribution in [0.4, 0.5) is 0 Å². The minimum atomic E-state index is -0.778. The number of carbonyl (C=O) groups is 1. The summed E-state index contributed by atoms with van der Waals surface area (Å²) in [6.45, 7) is 9.69. The fraction of sp³-hybridized carbons (Fsp3) is 0.889. The average molecular weight is 210 g/mol. The van der Waals surface area contributed by atoms with Crippen molar-refractivity contribution in [3.8, 4) is 0 Å². The second kappa shape index (κ2) is 5.45. The lowest BCUT2D eigenvalue weighted by Gasteiger charge is -2.28. The smallest absolute Gasteiger partial charge is 0.320 e. The lowest BCUT2D eigenvalue weighted by molar-refractivity contribution is -0.141. The highest BCUT2D eigenvalue weighted by Gasteiger charge is 2.25. The summed E-state index contributed by atoms with van der Waals surface area (Å²) in [6.07, 6.45) is 0. The predicted molar refractivity (Wildman–Crippen MR) is 56.4 cm³/mol. The van der Waals surface area contributed by atoms with Gasteiger partial charge in [0.2, 0.25) is 0 Å². The van der Waals surface area contributed by atoms with E-state index < -0.39 is 12.0 Å². The average Bonchev–Trinajstić information content (AvgIpc) is 1.79. The summed E-state index contributed by atoms with van der Waals surface area (Å²) in [4.78, 5) is 10.8. The summed E-state index contributed by atoms with van der Waals surface area (Å²) in [5.41, 5.74) is -0.146. The Bertz CT molecular complexity index is 163. The molecule has 4 heteroatoms. The predicted octanol–water partition coefficient (Wildman–Crippen LogP) is 1.91. The van der Waals surface area contributed by atoms with Gasteiger partial charge in [0, 0.05) is 5.54 Å². The van der Waals surface area contributed by atoms with E-state index in [9.17, 15) is 4.79 Å². The van der Waals surface area contributed by atoms with Crippen LogP contribution in [0.25, 0.3) is 0 Å². The first kappa shape index (κ1) is 15.2. The minimum absolute atomic E-state index is 0. The van der Waals surface area contributed by atoms with E-state index in [1.165, 1.54) is 0 Å². The van der Waals surface area contributed by atoms with Crippen LogP contribution in [0.15, 0.2) is 0 Å². The third-order valence-corrected chi connectivity index (χ3v) is 1.52. The number of hydrogen-bond donors (Lipinski definition) is 2. The van der Waals surface area contributed by atoms with E-state index in [4.69, 9.17) is 5.11 Å². The second-order valence-corrected chi connectivity index (χ2v) is 4.45. The normalized spacial score (nSPS) is 13.7. The summed E-state index contributed by atoms with van der Waals surface area (Å²) in [5, 5.41) is 11.9. The van der Waals surface area contributed by atoms with Gasteiger partial charge in [0.15, 0.2) is 0 Å². The number of rotatable bonds is 3. The quantitative estimate of drug-likeness (QED) is 0.747. The SMILES string of the molecule is CC(C)[C@H](NC(C)(C)C)C(=O)O.Cl. The van der Waals surface area contributed by atoms with E-state index in [-0.39, 0.29) is 23.9 Å². The Hall–Kier alpha value is -0.280. The molecule has 0 heterocycles. The van der Waals surface area contributed by atoms with Crippen molar-refractivity contribution in [3.63, 3.8) is 0 Å². The fourth-order valence-corrected chi connectivity index (χ4v) is 0.980. The van der Waals surface area contributed by atoms with Crippen LogP contribution in [0.3, 0.4) is 0 Å². The zero-order valence-electron chi connectivity index (χ0n) is 8.92. The van der Waals surface area contributed by atoms with Crippen LogP contribution in [-0.4, -0.2) is 22.7 Å². The molecular weight excluding hydrogens is 190 g/mol. The number of carboxylic acid groups (broad SMARTS) is 1. The maximum Gasteiger partial charge on any atom is 0.320 e. The monoisotopic (exact) mass is 209 g/mol. The third kappa shape index (κ3) is 6.84. The standard InChI is InChI=1S/C9H19NO2.ClH/c1-6(2)7(8(11)12)10-9(3,4)5;/h6-7,10H,1-5H3,(H,11,12);1H/t7-;/m0./s1. The molecule has 0 spiro atoms. The Labute approximate surface area is 86.3 Å². The lowest BCUT2D eigenvalue weighted by Crippen LogP contribution is -2.50. The molecule has 13 heavy (non-hydrogen) atoms. The van der Waals surface area contributed by atoms with Crippen LogP contribution in [-0.2, 0) is 4.79 Å². The molecule has 0 radical (unpaired) electrons. The van der Waals surface area contributed by atoms with E-state index >= 15 is 0 Å². The largest absolute Gasteiger partial charge is 0.480 e. The van der Waals surface area contributed by atoms with Crippen molar-refractivity contribution < 1.29 is 9.90 Å². The Morgan fingerprint density at radius 2 is 1.69 bits per heavy atom. The highest BCUT2D eigenvalue weighted by molar-refractivity contribution is 5.85. The van der Waals surface area contributed by atoms with Gasteiger partial charge >= 0.3 is 5.97 Å². The minimum Gasteiger partial charge on any atom is -0.480 e. The van der Waals surface area contributed by atoms with Crippen molar-refractivity contribution in [2.75, 3.05) is 0 Å². The van der Waals surface area contributed by atoms with E-state index in [0.29, 0.717) is 0 Å². The molecule has 0 aliphatic carbocycles. The molecule has 0 saturated carbocycles. The lowest BCUT2D eigenvalue weighted by atomic mass is 10.00. The molecule has 0 rings (SSSR count). The first-order valence-electron chi connectivity index (χ1n) is 4.24. The van der Waals surface area contributed by atoms with Gasteiger partial charge in [-0.25, -0.2) is 0 Å². The van der Waals surface area contributed by atoms with Crippen molar-refractivity contribution in [1.29, 1.82) is 0 Å². The molecular formula is C9H20ClNO2. The van der Waals surface area contributed by atoms with Crippen LogP contribution < -0.4 is 5.32 Å². The zero-order valence-corrected chi connectivity index (χ0v) is 9.73. The molecule has 0 aliphatic rings. The summed E-state index contributed by atoms with van der Waals surface area (Å²) in [6, 6.07) is -0.454. The molecule has 3 nitrogen and oxygen atoms in total. The molecule has 0 aromatic rings. The Morgan fingerprint density at radius 3 is 1.77 bits per heavy atom. The van der Waals surface area contributed by atoms with Gasteiger partial charge in [0.25, 0.3) is 0 Å². The van der Waals surface area contributed by atoms with Crippen molar-refractivity contribution in [2.45, 2.75) is 46.2 Å². The highest BCUT2D eigenvalue weighted by atomic mass is 35.5. The van der Waals surface area contributed by atoms with Crippen molar-refractivity contribution >= 4 is 18.4 Å². The molecule has 0 unspecified atom stereocenters. The van der Waals surface area contributed by atoms with E-state index in [1.807, 2.05) is 34.6 Å². The number of halogens is 1. The van der Waals surface area contributed by atoms with Gasteiger partial charge in [-0.2, -0.15) is 0 Å². The van der Waals surface area contributed by atoms with Gasteiger partial charge in [-0.3, -0.25) is 10.1 Å². The van der Waals surface area contributed by atoms with Crippen molar-refractivity contribution in [1.82, 2.24) is 5.32 Å². The fourth-order valence-electron chi connectivity index (χ4n) is 0.980. The third-order valence-electron chi connectivity index (χ3n) is 1.52. The zero-order chi connectivity index (χ0) is 9.94.